The molecular weight excluding hydrogens is 473 g/mol. The zero-order chi connectivity index (χ0) is 26.2. The zero-order valence-corrected chi connectivity index (χ0v) is 21.6. The van der Waals surface area contributed by atoms with Crippen LogP contribution in [0.5, 0.6) is 5.75 Å². The summed E-state index contributed by atoms with van der Waals surface area (Å²) in [5, 5.41) is 2.90. The van der Waals surface area contributed by atoms with E-state index in [0.717, 1.165) is 22.2 Å². The molecule has 0 aliphatic rings. The van der Waals surface area contributed by atoms with Gasteiger partial charge in [0.15, 0.2) is 0 Å². The Labute approximate surface area is 207 Å². The lowest BCUT2D eigenvalue weighted by Gasteiger charge is -2.33. The number of ether oxygens (including phenoxy) is 1. The van der Waals surface area contributed by atoms with Crippen LogP contribution in [0.15, 0.2) is 48.5 Å². The summed E-state index contributed by atoms with van der Waals surface area (Å²) in [6.07, 6.45) is 1.93. The molecule has 8 nitrogen and oxygen atoms in total. The number of benzene rings is 2. The Hall–Kier alpha value is -3.14. The lowest BCUT2D eigenvalue weighted by Crippen LogP contribution is -2.53. The number of amides is 2. The van der Waals surface area contributed by atoms with Crippen LogP contribution in [0.4, 0.5) is 10.1 Å². The van der Waals surface area contributed by atoms with Gasteiger partial charge in [-0.3, -0.25) is 13.9 Å². The minimum Gasteiger partial charge on any atom is -0.497 e. The predicted molar refractivity (Wildman–Crippen MR) is 134 cm³/mol. The Morgan fingerprint density at radius 3 is 2.20 bits per heavy atom. The van der Waals surface area contributed by atoms with Gasteiger partial charge in [0.05, 0.1) is 19.1 Å². The number of para-hydroxylation sites is 1. The summed E-state index contributed by atoms with van der Waals surface area (Å²) in [7, 11) is -2.46. The predicted octanol–water partition coefficient (Wildman–Crippen LogP) is 3.32. The summed E-state index contributed by atoms with van der Waals surface area (Å²) in [5.74, 6) is -1.09. The average Bonchev–Trinajstić information content (AvgIpc) is 2.82. The number of nitrogens with zero attached hydrogens (tertiary/aromatic N) is 2. The molecule has 2 aromatic rings. The molecule has 0 spiro atoms. The van der Waals surface area contributed by atoms with Crippen LogP contribution in [0, 0.1) is 5.82 Å². The Morgan fingerprint density at radius 2 is 1.69 bits per heavy atom. The van der Waals surface area contributed by atoms with Gasteiger partial charge in [0.2, 0.25) is 21.8 Å². The smallest absolute Gasteiger partial charge is 0.244 e. The SMILES string of the molecule is CC[C@@H](C)NC(=O)[C@H](CC)N(Cc1ccc(OC)cc1)C(=O)CN(c1ccccc1F)S(C)(=O)=O. The Balaban J connectivity index is 2.44. The number of halogens is 1. The maximum Gasteiger partial charge on any atom is 0.244 e. The van der Waals surface area contributed by atoms with Gasteiger partial charge < -0.3 is 15.0 Å². The van der Waals surface area contributed by atoms with Crippen molar-refractivity contribution in [2.24, 2.45) is 0 Å². The normalized spacial score (nSPS) is 13.0. The van der Waals surface area contributed by atoms with Crippen molar-refractivity contribution in [2.75, 3.05) is 24.2 Å². The van der Waals surface area contributed by atoms with Crippen molar-refractivity contribution >= 4 is 27.5 Å². The third-order valence-electron chi connectivity index (χ3n) is 5.70. The number of methoxy groups -OCH3 is 1. The van der Waals surface area contributed by atoms with Gasteiger partial charge in [-0.1, -0.05) is 38.1 Å². The van der Waals surface area contributed by atoms with E-state index in [0.29, 0.717) is 18.6 Å². The highest BCUT2D eigenvalue weighted by molar-refractivity contribution is 7.92. The van der Waals surface area contributed by atoms with Gasteiger partial charge in [-0.25, -0.2) is 12.8 Å². The third kappa shape index (κ3) is 7.68. The number of carbonyl (C=O) groups is 2. The second kappa shape index (κ2) is 12.5. The summed E-state index contributed by atoms with van der Waals surface area (Å²) in [5.41, 5.74) is 0.496. The van der Waals surface area contributed by atoms with Gasteiger partial charge in [-0.05, 0) is 49.6 Å². The molecule has 1 N–H and O–H groups in total. The van der Waals surface area contributed by atoms with Crippen molar-refractivity contribution in [3.05, 3.63) is 59.9 Å². The quantitative estimate of drug-likeness (QED) is 0.476. The van der Waals surface area contributed by atoms with Gasteiger partial charge in [0.1, 0.15) is 24.2 Å². The summed E-state index contributed by atoms with van der Waals surface area (Å²) in [6, 6.07) is 11.4. The minimum absolute atomic E-state index is 0.0597. The van der Waals surface area contributed by atoms with Crippen molar-refractivity contribution in [3.8, 4) is 5.75 Å². The maximum atomic E-state index is 14.5. The van der Waals surface area contributed by atoms with Crippen molar-refractivity contribution in [2.45, 2.75) is 52.2 Å². The van der Waals surface area contributed by atoms with Gasteiger partial charge in [-0.2, -0.15) is 0 Å². The summed E-state index contributed by atoms with van der Waals surface area (Å²) >= 11 is 0. The first-order valence-corrected chi connectivity index (χ1v) is 13.3. The van der Waals surface area contributed by atoms with E-state index >= 15 is 0 Å². The topological polar surface area (TPSA) is 96.0 Å². The lowest BCUT2D eigenvalue weighted by molar-refractivity contribution is -0.140. The number of hydrogen-bond acceptors (Lipinski definition) is 5. The molecule has 2 rings (SSSR count). The Kier molecular flexibility index (Phi) is 10.1. The van der Waals surface area contributed by atoms with Crippen LogP contribution in [-0.2, 0) is 26.2 Å². The molecule has 0 aromatic heterocycles. The second-order valence-electron chi connectivity index (χ2n) is 8.33. The fraction of sp³-hybridized carbons (Fsp3) is 0.440. The van der Waals surface area contributed by atoms with Gasteiger partial charge >= 0.3 is 0 Å². The first-order valence-electron chi connectivity index (χ1n) is 11.5. The molecule has 0 fully saturated rings. The molecule has 0 radical (unpaired) electrons. The fourth-order valence-corrected chi connectivity index (χ4v) is 4.39. The van der Waals surface area contributed by atoms with E-state index < -0.39 is 34.3 Å². The molecule has 35 heavy (non-hydrogen) atoms. The number of anilines is 1. The molecule has 2 aromatic carbocycles. The third-order valence-corrected chi connectivity index (χ3v) is 6.83. The Morgan fingerprint density at radius 1 is 1.06 bits per heavy atom. The molecule has 2 atom stereocenters. The van der Waals surface area contributed by atoms with Crippen LogP contribution in [-0.4, -0.2) is 57.1 Å². The number of nitrogens with one attached hydrogen (secondary N) is 1. The monoisotopic (exact) mass is 507 g/mol. The molecular formula is C25H34FN3O5S. The van der Waals surface area contributed by atoms with Crippen molar-refractivity contribution in [3.63, 3.8) is 0 Å². The molecule has 0 bridgehead atoms. The summed E-state index contributed by atoms with van der Waals surface area (Å²) < 4.78 is 45.4. The van der Waals surface area contributed by atoms with E-state index in [1.54, 1.807) is 38.3 Å². The van der Waals surface area contributed by atoms with Crippen molar-refractivity contribution in [1.29, 1.82) is 0 Å². The first-order chi connectivity index (χ1) is 16.5. The van der Waals surface area contributed by atoms with Crippen molar-refractivity contribution < 1.29 is 27.1 Å². The van der Waals surface area contributed by atoms with Crippen LogP contribution in [0.1, 0.15) is 39.2 Å². The number of carbonyl (C=O) groups excluding carboxylic acids is 2. The van der Waals surface area contributed by atoms with E-state index in [4.69, 9.17) is 4.74 Å². The average molecular weight is 508 g/mol. The summed E-state index contributed by atoms with van der Waals surface area (Å²) in [4.78, 5) is 28.0. The fourth-order valence-electron chi connectivity index (χ4n) is 3.54. The number of rotatable bonds is 12. The van der Waals surface area contributed by atoms with E-state index in [-0.39, 0.29) is 24.2 Å². The van der Waals surface area contributed by atoms with Crippen molar-refractivity contribution in [1.82, 2.24) is 10.2 Å². The van der Waals surface area contributed by atoms with E-state index in [1.807, 2.05) is 13.8 Å². The molecule has 0 aliphatic heterocycles. The zero-order valence-electron chi connectivity index (χ0n) is 20.8. The lowest BCUT2D eigenvalue weighted by atomic mass is 10.1. The van der Waals surface area contributed by atoms with Crippen LogP contribution in [0.25, 0.3) is 0 Å². The standard InChI is InChI=1S/C25H34FN3O5S/c1-6-18(3)27-25(31)22(7-2)28(16-19-12-14-20(34-4)15-13-19)24(30)17-29(35(5,32)33)23-11-9-8-10-21(23)26/h8-15,18,22H,6-7,16-17H2,1-5H3,(H,27,31)/t18-,22+/m1/s1. The van der Waals surface area contributed by atoms with E-state index in [1.165, 1.54) is 23.1 Å². The second-order valence-corrected chi connectivity index (χ2v) is 10.2. The molecule has 0 aliphatic carbocycles. The molecule has 0 unspecified atom stereocenters. The van der Waals surface area contributed by atoms with Gasteiger partial charge in [0, 0.05) is 12.6 Å². The first kappa shape index (κ1) is 28.1. The maximum absolute atomic E-state index is 14.5. The molecule has 0 saturated heterocycles. The number of hydrogen-bond donors (Lipinski definition) is 1. The molecule has 192 valence electrons. The molecule has 10 heteroatoms. The van der Waals surface area contributed by atoms with Crippen LogP contribution < -0.4 is 14.4 Å². The molecule has 0 heterocycles. The summed E-state index contributed by atoms with van der Waals surface area (Å²) in [6.45, 7) is 4.99. The molecule has 0 saturated carbocycles. The highest BCUT2D eigenvalue weighted by atomic mass is 32.2. The largest absolute Gasteiger partial charge is 0.497 e. The van der Waals surface area contributed by atoms with Crippen LogP contribution >= 0.6 is 0 Å². The van der Waals surface area contributed by atoms with Crippen LogP contribution in [0.3, 0.4) is 0 Å². The van der Waals surface area contributed by atoms with Crippen LogP contribution in [0.2, 0.25) is 0 Å². The highest BCUT2D eigenvalue weighted by Crippen LogP contribution is 2.23. The Bertz CT molecular complexity index is 1110. The highest BCUT2D eigenvalue weighted by Gasteiger charge is 2.32. The van der Waals surface area contributed by atoms with Gasteiger partial charge in [-0.15, -0.1) is 0 Å². The molecule has 2 amide bonds. The van der Waals surface area contributed by atoms with E-state index in [2.05, 4.69) is 5.32 Å². The minimum atomic E-state index is -4.00. The van der Waals surface area contributed by atoms with Gasteiger partial charge in [0.25, 0.3) is 0 Å². The number of sulfonamides is 1. The van der Waals surface area contributed by atoms with E-state index in [9.17, 15) is 22.4 Å².